The van der Waals surface area contributed by atoms with Gasteiger partial charge in [-0.05, 0) is 36.5 Å². The summed E-state index contributed by atoms with van der Waals surface area (Å²) >= 11 is 0. The van der Waals surface area contributed by atoms with Crippen molar-refractivity contribution in [3.63, 3.8) is 0 Å². The van der Waals surface area contributed by atoms with Crippen LogP contribution in [0.3, 0.4) is 0 Å². The van der Waals surface area contributed by atoms with Crippen molar-refractivity contribution in [3.05, 3.63) is 52.5 Å². The average molecular weight is 317 g/mol. The molecule has 3 heteroatoms. The van der Waals surface area contributed by atoms with Crippen LogP contribution in [0.5, 0.6) is 0 Å². The molecule has 0 saturated heterocycles. The molecule has 2 unspecified atom stereocenters. The van der Waals surface area contributed by atoms with E-state index in [2.05, 4.69) is 26.0 Å². The lowest BCUT2D eigenvalue weighted by molar-refractivity contribution is 0.112. The quantitative estimate of drug-likeness (QED) is 0.705. The smallest absolute Gasteiger partial charge is 0.265 e. The molecule has 1 heterocycles. The number of carbonyl (C=O) groups is 1. The second-order valence-electron chi connectivity index (χ2n) is 4.98. The third kappa shape index (κ3) is 6.01. The lowest BCUT2D eigenvalue weighted by atomic mass is 10.1. The van der Waals surface area contributed by atoms with Gasteiger partial charge in [-0.1, -0.05) is 60.1 Å². The number of allylic oxidation sites excluding steroid dienone is 4. The van der Waals surface area contributed by atoms with Crippen molar-refractivity contribution in [2.24, 2.45) is 11.8 Å². The van der Waals surface area contributed by atoms with E-state index in [1.807, 2.05) is 33.8 Å². The predicted molar refractivity (Wildman–Crippen MR) is 99.8 cm³/mol. The third-order valence-corrected chi connectivity index (χ3v) is 3.17. The van der Waals surface area contributed by atoms with Crippen LogP contribution in [0.15, 0.2) is 41.4 Å². The highest BCUT2D eigenvalue weighted by Crippen LogP contribution is 2.44. The van der Waals surface area contributed by atoms with Crippen LogP contribution in [0.1, 0.15) is 64.7 Å². The van der Waals surface area contributed by atoms with Gasteiger partial charge in [0.2, 0.25) is 0 Å². The van der Waals surface area contributed by atoms with Crippen LogP contribution in [-0.4, -0.2) is 10.9 Å². The van der Waals surface area contributed by atoms with E-state index < -0.39 is 0 Å². The zero-order chi connectivity index (χ0) is 17.8. The summed E-state index contributed by atoms with van der Waals surface area (Å²) < 4.78 is 1.54. The van der Waals surface area contributed by atoms with Gasteiger partial charge >= 0.3 is 0 Å². The maximum absolute atomic E-state index is 11.9. The van der Waals surface area contributed by atoms with E-state index in [1.165, 1.54) is 17.4 Å². The fourth-order valence-electron chi connectivity index (χ4n) is 2.11. The first-order valence-corrected chi connectivity index (χ1v) is 8.78. The van der Waals surface area contributed by atoms with Crippen LogP contribution in [0.2, 0.25) is 0 Å². The van der Waals surface area contributed by atoms with Crippen molar-refractivity contribution in [3.8, 4) is 0 Å². The SMILES string of the molecule is CC.CC.CCC.O=Cc1cccn(C2=CC3CC3C=C2)c1=O. The van der Waals surface area contributed by atoms with Gasteiger partial charge in [-0.2, -0.15) is 0 Å². The normalized spacial score (nSPS) is 19.3. The lowest BCUT2D eigenvalue weighted by Crippen LogP contribution is -2.22. The van der Waals surface area contributed by atoms with E-state index in [9.17, 15) is 9.59 Å². The summed E-state index contributed by atoms with van der Waals surface area (Å²) in [7, 11) is 0. The number of fused-ring (bicyclic) bond motifs is 1. The van der Waals surface area contributed by atoms with E-state index in [1.54, 1.807) is 18.3 Å². The fourth-order valence-corrected chi connectivity index (χ4v) is 2.11. The molecule has 0 amide bonds. The minimum absolute atomic E-state index is 0.203. The molecule has 1 aromatic heterocycles. The highest BCUT2D eigenvalue weighted by molar-refractivity contribution is 5.74. The molecule has 0 bridgehead atoms. The zero-order valence-electron chi connectivity index (χ0n) is 15.4. The van der Waals surface area contributed by atoms with Crippen LogP contribution in [0.25, 0.3) is 5.70 Å². The van der Waals surface area contributed by atoms with E-state index in [-0.39, 0.29) is 11.1 Å². The van der Waals surface area contributed by atoms with Gasteiger partial charge in [-0.25, -0.2) is 0 Å². The number of aldehydes is 1. The Bertz CT molecular complexity index is 582. The lowest BCUT2D eigenvalue weighted by Gasteiger charge is -2.09. The molecule has 0 N–H and O–H groups in total. The van der Waals surface area contributed by atoms with Crippen molar-refractivity contribution in [1.82, 2.24) is 4.57 Å². The Morgan fingerprint density at radius 2 is 1.78 bits per heavy atom. The standard InChI is InChI=1S/C13H11NO2.C3H8.2C2H6/c15-8-10-2-1-5-14(13(10)16)12-4-3-9-6-11(9)7-12;1-3-2;2*1-2/h1-5,7-9,11H,6H2;3H2,1-2H3;2*1-2H3. The molecule has 1 fully saturated rings. The molecule has 128 valence electrons. The number of carbonyl (C=O) groups excluding carboxylic acids is 1. The van der Waals surface area contributed by atoms with Gasteiger partial charge in [-0.15, -0.1) is 0 Å². The number of rotatable bonds is 2. The summed E-state index contributed by atoms with van der Waals surface area (Å²) in [6.45, 7) is 12.2. The van der Waals surface area contributed by atoms with Crippen LogP contribution < -0.4 is 5.56 Å². The van der Waals surface area contributed by atoms with E-state index in [4.69, 9.17) is 0 Å². The van der Waals surface area contributed by atoms with Crippen LogP contribution in [-0.2, 0) is 0 Å². The fraction of sp³-hybridized carbons (Fsp3) is 0.500. The Morgan fingerprint density at radius 3 is 2.30 bits per heavy atom. The molecular formula is C20H31NO2. The van der Waals surface area contributed by atoms with Gasteiger partial charge in [0.05, 0.1) is 5.56 Å². The minimum Gasteiger partial charge on any atom is -0.298 e. The molecule has 2 aliphatic carbocycles. The monoisotopic (exact) mass is 317 g/mol. The second-order valence-corrected chi connectivity index (χ2v) is 4.98. The van der Waals surface area contributed by atoms with Crippen LogP contribution in [0.4, 0.5) is 0 Å². The number of hydrogen-bond donors (Lipinski definition) is 0. The Morgan fingerprint density at radius 1 is 1.17 bits per heavy atom. The molecule has 23 heavy (non-hydrogen) atoms. The molecule has 1 aromatic rings. The molecule has 1 saturated carbocycles. The number of aromatic nitrogens is 1. The van der Waals surface area contributed by atoms with E-state index in [0.29, 0.717) is 18.1 Å². The summed E-state index contributed by atoms with van der Waals surface area (Å²) in [5, 5.41) is 0. The zero-order valence-corrected chi connectivity index (χ0v) is 15.4. The van der Waals surface area contributed by atoms with Crippen molar-refractivity contribution in [2.75, 3.05) is 0 Å². The Hall–Kier alpha value is -1.90. The van der Waals surface area contributed by atoms with Gasteiger partial charge in [0.1, 0.15) is 0 Å². The largest absolute Gasteiger partial charge is 0.298 e. The second kappa shape index (κ2) is 11.6. The summed E-state index contributed by atoms with van der Waals surface area (Å²) in [6.07, 6.45) is 11.0. The van der Waals surface area contributed by atoms with Gasteiger partial charge in [0, 0.05) is 11.9 Å². The van der Waals surface area contributed by atoms with Gasteiger partial charge in [0.25, 0.3) is 5.56 Å². The summed E-state index contributed by atoms with van der Waals surface area (Å²) in [6, 6.07) is 3.26. The van der Waals surface area contributed by atoms with E-state index >= 15 is 0 Å². The van der Waals surface area contributed by atoms with Crippen molar-refractivity contribution in [1.29, 1.82) is 0 Å². The van der Waals surface area contributed by atoms with Gasteiger partial charge in [0.15, 0.2) is 6.29 Å². The molecule has 0 aromatic carbocycles. The topological polar surface area (TPSA) is 39.1 Å². The average Bonchev–Trinajstić information content (AvgIpc) is 3.38. The molecule has 2 atom stereocenters. The van der Waals surface area contributed by atoms with Crippen molar-refractivity contribution >= 4 is 12.0 Å². The van der Waals surface area contributed by atoms with E-state index in [0.717, 1.165) is 5.70 Å². The van der Waals surface area contributed by atoms with Crippen LogP contribution >= 0.6 is 0 Å². The number of pyridine rings is 1. The molecule has 0 spiro atoms. The first-order valence-electron chi connectivity index (χ1n) is 8.78. The Labute approximate surface area is 140 Å². The molecule has 2 aliphatic rings. The molecule has 0 aliphatic heterocycles. The maximum Gasteiger partial charge on any atom is 0.265 e. The molecular weight excluding hydrogens is 286 g/mol. The number of nitrogens with zero attached hydrogens (tertiary/aromatic N) is 1. The van der Waals surface area contributed by atoms with Gasteiger partial charge < -0.3 is 0 Å². The Balaban J connectivity index is 0.000000609. The molecule has 0 radical (unpaired) electrons. The maximum atomic E-state index is 11.9. The van der Waals surface area contributed by atoms with Gasteiger partial charge in [-0.3, -0.25) is 14.2 Å². The first-order chi connectivity index (χ1) is 11.2. The summed E-state index contributed by atoms with van der Waals surface area (Å²) in [5.41, 5.74) is 0.842. The third-order valence-electron chi connectivity index (χ3n) is 3.17. The molecule has 3 nitrogen and oxygen atoms in total. The Kier molecular flexibility index (Phi) is 10.7. The predicted octanol–water partition coefficient (Wildman–Crippen LogP) is 5.18. The van der Waals surface area contributed by atoms with Crippen molar-refractivity contribution < 1.29 is 4.79 Å². The minimum atomic E-state index is -0.243. The number of hydrogen-bond acceptors (Lipinski definition) is 2. The van der Waals surface area contributed by atoms with Crippen LogP contribution in [0, 0.1) is 11.8 Å². The summed E-state index contributed by atoms with van der Waals surface area (Å²) in [5.74, 6) is 1.26. The highest BCUT2D eigenvalue weighted by atomic mass is 16.1. The van der Waals surface area contributed by atoms with Crippen molar-refractivity contribution in [2.45, 2.75) is 54.4 Å². The first kappa shape index (κ1) is 21.1. The summed E-state index contributed by atoms with van der Waals surface area (Å²) in [4.78, 5) is 22.6. The highest BCUT2D eigenvalue weighted by Gasteiger charge is 2.35. The molecule has 3 rings (SSSR count).